The first-order valence-electron chi connectivity index (χ1n) is 9.46. The smallest absolute Gasteiger partial charge is 0.224 e. The van der Waals surface area contributed by atoms with Crippen LogP contribution in [0, 0.1) is 11.7 Å². The molecule has 27 heavy (non-hydrogen) atoms. The monoisotopic (exact) mass is 370 g/mol. The molecule has 1 fully saturated rings. The highest BCUT2D eigenvalue weighted by Crippen LogP contribution is 2.22. The first-order valence-corrected chi connectivity index (χ1v) is 9.46. The molecular formula is C22H27FN2O2. The number of piperidine rings is 1. The summed E-state index contributed by atoms with van der Waals surface area (Å²) in [6.07, 6.45) is 1.90. The Bertz CT molecular complexity index is 746. The second kappa shape index (κ2) is 9.00. The van der Waals surface area contributed by atoms with E-state index in [0.717, 1.165) is 49.4 Å². The lowest BCUT2D eigenvalue weighted by Crippen LogP contribution is -2.43. The summed E-state index contributed by atoms with van der Waals surface area (Å²) in [4.78, 5) is 15.0. The van der Waals surface area contributed by atoms with Crippen molar-refractivity contribution >= 4 is 5.91 Å². The minimum Gasteiger partial charge on any atom is -0.497 e. The summed E-state index contributed by atoms with van der Waals surface area (Å²) >= 11 is 0. The number of methoxy groups -OCH3 is 1. The van der Waals surface area contributed by atoms with Crippen molar-refractivity contribution in [1.29, 1.82) is 0 Å². The van der Waals surface area contributed by atoms with E-state index in [0.29, 0.717) is 0 Å². The fourth-order valence-corrected chi connectivity index (χ4v) is 3.57. The Morgan fingerprint density at radius 2 is 1.93 bits per heavy atom. The van der Waals surface area contributed by atoms with Gasteiger partial charge in [0.25, 0.3) is 0 Å². The minimum absolute atomic E-state index is 0.0140. The van der Waals surface area contributed by atoms with Gasteiger partial charge in [0.15, 0.2) is 0 Å². The minimum atomic E-state index is -0.220. The van der Waals surface area contributed by atoms with E-state index in [1.807, 2.05) is 43.3 Å². The van der Waals surface area contributed by atoms with Gasteiger partial charge in [-0.3, -0.25) is 9.69 Å². The lowest BCUT2D eigenvalue weighted by Gasteiger charge is -2.32. The van der Waals surface area contributed by atoms with Crippen molar-refractivity contribution in [1.82, 2.24) is 10.2 Å². The molecule has 0 saturated carbocycles. The highest BCUT2D eigenvalue weighted by Gasteiger charge is 2.26. The van der Waals surface area contributed by atoms with Gasteiger partial charge in [0.2, 0.25) is 5.91 Å². The van der Waals surface area contributed by atoms with Crippen molar-refractivity contribution in [2.75, 3.05) is 20.2 Å². The molecule has 144 valence electrons. The average Bonchev–Trinajstić information content (AvgIpc) is 2.70. The molecule has 1 N–H and O–H groups in total. The topological polar surface area (TPSA) is 41.6 Å². The molecule has 1 amide bonds. The molecule has 1 saturated heterocycles. The van der Waals surface area contributed by atoms with Gasteiger partial charge in [-0.1, -0.05) is 24.3 Å². The number of hydrogen-bond donors (Lipinski definition) is 1. The predicted octanol–water partition coefficient (Wildman–Crippen LogP) is 3.92. The molecule has 1 aliphatic rings. The fourth-order valence-electron chi connectivity index (χ4n) is 3.57. The van der Waals surface area contributed by atoms with Crippen LogP contribution in [0.5, 0.6) is 5.75 Å². The normalized spacial score (nSPS) is 18.7. The number of likely N-dealkylation sites (tertiary alicyclic amines) is 1. The lowest BCUT2D eigenvalue weighted by molar-refractivity contribution is -0.127. The third kappa shape index (κ3) is 5.30. The molecule has 0 radical (unpaired) electrons. The Morgan fingerprint density at radius 3 is 2.59 bits per heavy atom. The molecule has 2 aromatic rings. The van der Waals surface area contributed by atoms with E-state index in [1.54, 1.807) is 7.11 Å². The maximum Gasteiger partial charge on any atom is 0.224 e. The van der Waals surface area contributed by atoms with E-state index < -0.39 is 0 Å². The SMILES string of the molecule is COc1ccc([C@H](C)NC(=O)[C@H]2CCCN(Cc3ccc(F)cc3)C2)cc1. The van der Waals surface area contributed by atoms with Gasteiger partial charge in [-0.25, -0.2) is 4.39 Å². The Kier molecular flexibility index (Phi) is 6.45. The number of nitrogens with zero attached hydrogens (tertiary/aromatic N) is 1. The molecule has 3 rings (SSSR count). The van der Waals surface area contributed by atoms with Crippen LogP contribution in [0.2, 0.25) is 0 Å². The van der Waals surface area contributed by atoms with Crippen LogP contribution < -0.4 is 10.1 Å². The van der Waals surface area contributed by atoms with Crippen LogP contribution in [0.1, 0.15) is 36.9 Å². The molecular weight excluding hydrogens is 343 g/mol. The Hall–Kier alpha value is -2.40. The summed E-state index contributed by atoms with van der Waals surface area (Å²) in [5, 5.41) is 3.14. The van der Waals surface area contributed by atoms with Gasteiger partial charge >= 0.3 is 0 Å². The quantitative estimate of drug-likeness (QED) is 0.838. The highest BCUT2D eigenvalue weighted by atomic mass is 19.1. The van der Waals surface area contributed by atoms with Gasteiger partial charge in [0.1, 0.15) is 11.6 Å². The molecule has 0 spiro atoms. The van der Waals surface area contributed by atoms with Gasteiger partial charge in [-0.15, -0.1) is 0 Å². The van der Waals surface area contributed by atoms with Crippen molar-refractivity contribution in [2.24, 2.45) is 5.92 Å². The van der Waals surface area contributed by atoms with Gasteiger partial charge in [-0.2, -0.15) is 0 Å². The Labute approximate surface area is 160 Å². The van der Waals surface area contributed by atoms with Crippen LogP contribution in [-0.2, 0) is 11.3 Å². The number of nitrogens with one attached hydrogen (secondary N) is 1. The Morgan fingerprint density at radius 1 is 1.22 bits per heavy atom. The summed E-state index contributed by atoms with van der Waals surface area (Å²) in [6, 6.07) is 14.3. The zero-order valence-corrected chi connectivity index (χ0v) is 16.0. The number of hydrogen-bond acceptors (Lipinski definition) is 3. The molecule has 0 bridgehead atoms. The zero-order valence-electron chi connectivity index (χ0n) is 16.0. The van der Waals surface area contributed by atoms with E-state index in [4.69, 9.17) is 4.74 Å². The number of amides is 1. The van der Waals surface area contributed by atoms with E-state index in [9.17, 15) is 9.18 Å². The van der Waals surface area contributed by atoms with Gasteiger partial charge in [-0.05, 0) is 61.7 Å². The van der Waals surface area contributed by atoms with Gasteiger partial charge in [0, 0.05) is 13.1 Å². The molecule has 0 aromatic heterocycles. The van der Waals surface area contributed by atoms with Crippen molar-refractivity contribution in [3.8, 4) is 5.75 Å². The van der Waals surface area contributed by atoms with E-state index in [1.165, 1.54) is 12.1 Å². The molecule has 1 heterocycles. The van der Waals surface area contributed by atoms with E-state index in [-0.39, 0.29) is 23.7 Å². The lowest BCUT2D eigenvalue weighted by atomic mass is 9.96. The first-order chi connectivity index (χ1) is 13.0. The number of halogens is 1. The van der Waals surface area contributed by atoms with Crippen molar-refractivity contribution in [3.63, 3.8) is 0 Å². The maximum absolute atomic E-state index is 13.1. The van der Waals surface area contributed by atoms with Crippen LogP contribution in [0.25, 0.3) is 0 Å². The number of ether oxygens (including phenoxy) is 1. The summed E-state index contributed by atoms with van der Waals surface area (Å²) in [6.45, 7) is 4.45. The fraction of sp³-hybridized carbons (Fsp3) is 0.409. The van der Waals surface area contributed by atoms with Crippen LogP contribution in [0.3, 0.4) is 0 Å². The number of carbonyl (C=O) groups is 1. The Balaban J connectivity index is 1.54. The van der Waals surface area contributed by atoms with Gasteiger partial charge < -0.3 is 10.1 Å². The van der Waals surface area contributed by atoms with Crippen LogP contribution in [0.4, 0.5) is 4.39 Å². The molecule has 5 heteroatoms. The number of benzene rings is 2. The average molecular weight is 370 g/mol. The first kappa shape index (κ1) is 19.4. The van der Waals surface area contributed by atoms with Crippen LogP contribution in [-0.4, -0.2) is 31.0 Å². The van der Waals surface area contributed by atoms with Crippen molar-refractivity contribution < 1.29 is 13.9 Å². The van der Waals surface area contributed by atoms with Crippen LogP contribution in [0.15, 0.2) is 48.5 Å². The summed E-state index contributed by atoms with van der Waals surface area (Å²) in [7, 11) is 1.64. The predicted molar refractivity (Wildman–Crippen MR) is 104 cm³/mol. The third-order valence-electron chi connectivity index (χ3n) is 5.17. The number of carbonyl (C=O) groups excluding carboxylic acids is 1. The molecule has 4 nitrogen and oxygen atoms in total. The largest absolute Gasteiger partial charge is 0.497 e. The van der Waals surface area contributed by atoms with E-state index >= 15 is 0 Å². The summed E-state index contributed by atoms with van der Waals surface area (Å²) < 4.78 is 18.2. The van der Waals surface area contributed by atoms with Crippen molar-refractivity contribution in [2.45, 2.75) is 32.4 Å². The van der Waals surface area contributed by atoms with Gasteiger partial charge in [0.05, 0.1) is 19.1 Å². The molecule has 0 aliphatic carbocycles. The second-order valence-electron chi connectivity index (χ2n) is 7.20. The van der Waals surface area contributed by atoms with Crippen LogP contribution >= 0.6 is 0 Å². The summed E-state index contributed by atoms with van der Waals surface area (Å²) in [5.74, 6) is 0.671. The molecule has 1 aliphatic heterocycles. The third-order valence-corrected chi connectivity index (χ3v) is 5.17. The molecule has 0 unspecified atom stereocenters. The molecule has 2 aromatic carbocycles. The van der Waals surface area contributed by atoms with Crippen molar-refractivity contribution in [3.05, 3.63) is 65.5 Å². The summed E-state index contributed by atoms with van der Waals surface area (Å²) in [5.41, 5.74) is 2.13. The second-order valence-corrected chi connectivity index (χ2v) is 7.20. The highest BCUT2D eigenvalue weighted by molar-refractivity contribution is 5.79. The zero-order chi connectivity index (χ0) is 19.2. The maximum atomic E-state index is 13.1. The molecule has 2 atom stereocenters. The van der Waals surface area contributed by atoms with E-state index in [2.05, 4.69) is 10.2 Å². The number of rotatable bonds is 6. The standard InChI is InChI=1S/C22H27FN2O2/c1-16(18-7-11-21(27-2)12-8-18)24-22(26)19-4-3-13-25(15-19)14-17-5-9-20(23)10-6-17/h5-12,16,19H,3-4,13-15H2,1-2H3,(H,24,26)/t16-,19-/m0/s1.